The van der Waals surface area contributed by atoms with E-state index in [9.17, 15) is 0 Å². The average molecular weight is 667 g/mol. The summed E-state index contributed by atoms with van der Waals surface area (Å²) in [7, 11) is 0. The Labute approximate surface area is 271 Å². The number of aryl methyl sites for hydroxylation is 4. The molecule has 0 fully saturated rings. The monoisotopic (exact) mass is 664 g/mol. The van der Waals surface area contributed by atoms with Crippen molar-refractivity contribution < 1.29 is 48.1 Å². The Balaban J connectivity index is 0.000000237. The molecule has 2 atom stereocenters. The van der Waals surface area contributed by atoms with Gasteiger partial charge in [0.25, 0.3) is 0 Å². The van der Waals surface area contributed by atoms with Crippen LogP contribution in [0.2, 0.25) is 13.1 Å². The van der Waals surface area contributed by atoms with E-state index < -0.39 is 0 Å². The zero-order chi connectivity index (χ0) is 26.9. The zero-order valence-corrected chi connectivity index (χ0v) is 29.6. The first kappa shape index (κ1) is 35.0. The Morgan fingerprint density at radius 1 is 0.625 bits per heavy atom. The van der Waals surface area contributed by atoms with Crippen LogP contribution in [0.4, 0.5) is 0 Å². The largest absolute Gasteiger partial charge is 1.00 e. The number of hydrogen-bond acceptors (Lipinski definition) is 0. The number of benzene rings is 2. The van der Waals surface area contributed by atoms with Crippen molar-refractivity contribution >= 4 is 5.43 Å². The molecule has 4 aromatic rings. The Kier molecular flexibility index (Phi) is 15.5. The van der Waals surface area contributed by atoms with Gasteiger partial charge in [-0.25, -0.2) is 12.1 Å². The van der Waals surface area contributed by atoms with Gasteiger partial charge in [-0.3, -0.25) is 0 Å². The Morgan fingerprint density at radius 2 is 0.975 bits per heavy atom. The summed E-state index contributed by atoms with van der Waals surface area (Å²) in [5, 5.41) is 0. The van der Waals surface area contributed by atoms with Gasteiger partial charge in [0.15, 0.2) is 0 Å². The van der Waals surface area contributed by atoms with Gasteiger partial charge >= 0.3 is 41.9 Å². The van der Waals surface area contributed by atoms with Gasteiger partial charge in [-0.05, 0) is 11.8 Å². The van der Waals surface area contributed by atoms with Crippen molar-refractivity contribution in [2.45, 2.75) is 90.1 Å². The van der Waals surface area contributed by atoms with Gasteiger partial charge in [0, 0.05) is 0 Å². The first-order chi connectivity index (χ1) is 18.4. The van der Waals surface area contributed by atoms with Gasteiger partial charge in [-0.1, -0.05) is 137 Å². The van der Waals surface area contributed by atoms with Crippen LogP contribution in [0.15, 0.2) is 84.9 Å². The van der Waals surface area contributed by atoms with E-state index in [-0.39, 0.29) is 30.2 Å². The number of fused-ring (bicyclic) bond motifs is 2. The van der Waals surface area contributed by atoms with Crippen LogP contribution in [-0.4, -0.2) is 5.43 Å². The van der Waals surface area contributed by atoms with Crippen LogP contribution in [0, 0.1) is 13.8 Å². The molecule has 2 aliphatic rings. The second kappa shape index (κ2) is 17.7. The minimum absolute atomic E-state index is 0. The molecule has 0 spiro atoms. The van der Waals surface area contributed by atoms with Crippen molar-refractivity contribution in [3.63, 3.8) is 0 Å². The van der Waals surface area contributed by atoms with Crippen molar-refractivity contribution in [1.82, 2.24) is 0 Å². The Bertz CT molecular complexity index is 1190. The number of hydrogen-bond donors (Lipinski definition) is 0. The van der Waals surface area contributed by atoms with E-state index in [1.807, 2.05) is 0 Å². The molecule has 0 heterocycles. The molecule has 0 saturated heterocycles. The maximum Gasteiger partial charge on any atom is -0.0461 e. The second-order valence-electron chi connectivity index (χ2n) is 11.4. The first-order valence-electron chi connectivity index (χ1n) is 14.6. The fourth-order valence-electron chi connectivity index (χ4n) is 6.26. The van der Waals surface area contributed by atoms with E-state index in [1.54, 1.807) is 45.6 Å². The van der Waals surface area contributed by atoms with Gasteiger partial charge in [-0.2, -0.15) is 45.5 Å². The van der Waals surface area contributed by atoms with Crippen molar-refractivity contribution in [3.05, 3.63) is 129 Å². The van der Waals surface area contributed by atoms with Gasteiger partial charge in [-0.15, -0.1) is 0 Å². The summed E-state index contributed by atoms with van der Waals surface area (Å²) in [6.45, 7) is 9.05. The molecule has 4 heteroatoms. The van der Waals surface area contributed by atoms with E-state index in [0.717, 1.165) is 0 Å². The summed E-state index contributed by atoms with van der Waals surface area (Å²) in [5.74, 6) is 1.25. The molecule has 0 aromatic heterocycles. The Hall–Kier alpha value is -1.18. The summed E-state index contributed by atoms with van der Waals surface area (Å²) >= 11 is 1.74. The van der Waals surface area contributed by atoms with E-state index in [2.05, 4.69) is 112 Å². The molecule has 2 aliphatic carbocycles. The van der Waals surface area contributed by atoms with Crippen LogP contribution in [0.5, 0.6) is 0 Å². The third kappa shape index (κ3) is 9.97. The zero-order valence-electron chi connectivity index (χ0n) is 24.7. The third-order valence-electron chi connectivity index (χ3n) is 7.84. The summed E-state index contributed by atoms with van der Waals surface area (Å²) in [6.07, 6.45) is 10.6. The van der Waals surface area contributed by atoms with Crippen molar-refractivity contribution in [2.24, 2.45) is 0 Å². The quantitative estimate of drug-likeness (QED) is 0.173. The van der Waals surface area contributed by atoms with E-state index in [1.165, 1.54) is 73.6 Å². The van der Waals surface area contributed by atoms with Gasteiger partial charge in [0.2, 0.25) is 0 Å². The molecule has 0 radical (unpaired) electrons. The average Bonchev–Trinajstić information content (AvgIpc) is 3.31. The van der Waals surface area contributed by atoms with Gasteiger partial charge in [0.1, 0.15) is 0 Å². The predicted octanol–water partition coefficient (Wildman–Crippen LogP) is 3.94. The SMILES string of the molecule is C[Si](C)=[Zr+2].Cc1cc2c([cH-]1)CCCCC2c1ccccc1.Cc1cc2c([cH-]1)CCCCC2c1ccccc1.[Cl-].[Cl-]. The second-order valence-corrected chi connectivity index (χ2v) is 20.8. The van der Waals surface area contributed by atoms with Gasteiger partial charge < -0.3 is 24.8 Å². The predicted molar refractivity (Wildman–Crippen MR) is 163 cm³/mol. The number of halogens is 2. The van der Waals surface area contributed by atoms with E-state index >= 15 is 0 Å². The molecule has 40 heavy (non-hydrogen) atoms. The van der Waals surface area contributed by atoms with Crippen LogP contribution in [0.25, 0.3) is 0 Å². The smallest absolute Gasteiger partial charge is 0.0461 e. The molecule has 0 bridgehead atoms. The van der Waals surface area contributed by atoms with Crippen LogP contribution in [0.3, 0.4) is 0 Å². The van der Waals surface area contributed by atoms with Crippen molar-refractivity contribution in [3.8, 4) is 0 Å². The standard InChI is InChI=1S/2C17H19.C2H6Si.2ClH.Zr/c2*1-13-11-15-9-5-6-10-16(17(15)12-13)14-7-3-2-4-8-14;1-3-2;;;/h2*2-4,7-8,11-12,16H,5-6,9-10H2,1H3;1-2H3;2*1H;/q2*-1;;;;+2/p-2. The Morgan fingerprint density at radius 3 is 1.32 bits per heavy atom. The van der Waals surface area contributed by atoms with E-state index in [4.69, 9.17) is 0 Å². The normalized spacial score (nSPS) is 17.4. The fraction of sp³-hybridized carbons (Fsp3) is 0.389. The van der Waals surface area contributed by atoms with Crippen LogP contribution in [0.1, 0.15) is 94.9 Å². The summed E-state index contributed by atoms with van der Waals surface area (Å²) in [4.78, 5) is 0. The minimum atomic E-state index is 0. The van der Waals surface area contributed by atoms with Gasteiger partial charge in [0.05, 0.1) is 0 Å². The maximum atomic E-state index is 2.40. The molecular formula is C36H44Cl2SiZr-2. The molecule has 0 saturated carbocycles. The van der Waals surface area contributed by atoms with Crippen LogP contribution < -0.4 is 24.8 Å². The maximum absolute atomic E-state index is 2.40. The molecule has 6 rings (SSSR count). The van der Waals surface area contributed by atoms with Crippen LogP contribution >= 0.6 is 0 Å². The topological polar surface area (TPSA) is 0 Å². The van der Waals surface area contributed by atoms with Crippen molar-refractivity contribution in [2.75, 3.05) is 0 Å². The summed E-state index contributed by atoms with van der Waals surface area (Å²) in [5.41, 5.74) is 12.4. The molecule has 0 aliphatic heterocycles. The van der Waals surface area contributed by atoms with Crippen LogP contribution in [-0.2, 0) is 36.2 Å². The van der Waals surface area contributed by atoms with Crippen molar-refractivity contribution in [1.29, 1.82) is 0 Å². The first-order valence-corrected chi connectivity index (χ1v) is 20.7. The minimum Gasteiger partial charge on any atom is -1.00 e. The fourth-order valence-corrected chi connectivity index (χ4v) is 6.26. The molecule has 0 nitrogen and oxygen atoms in total. The molecule has 212 valence electrons. The number of rotatable bonds is 2. The molecule has 2 unspecified atom stereocenters. The molecular weight excluding hydrogens is 623 g/mol. The molecule has 4 aromatic carbocycles. The summed E-state index contributed by atoms with van der Waals surface area (Å²) in [6, 6.07) is 31.6. The third-order valence-corrected chi connectivity index (χ3v) is 7.84. The summed E-state index contributed by atoms with van der Waals surface area (Å²) < 4.78 is 0. The van der Waals surface area contributed by atoms with E-state index in [0.29, 0.717) is 11.8 Å². The molecule has 0 N–H and O–H groups in total. The molecule has 0 amide bonds.